The van der Waals surface area contributed by atoms with E-state index < -0.39 is 11.8 Å². The lowest BCUT2D eigenvalue weighted by Crippen LogP contribution is -2.37. The molecule has 0 aliphatic rings. The lowest BCUT2D eigenvalue weighted by atomic mass is 10.1. The molecule has 0 amide bonds. The number of carbonyl (C=O) groups is 1. The summed E-state index contributed by atoms with van der Waals surface area (Å²) in [6.07, 6.45) is 1.13. The Labute approximate surface area is 59.1 Å². The summed E-state index contributed by atoms with van der Waals surface area (Å²) in [5, 5.41) is 25.5. The van der Waals surface area contributed by atoms with Crippen LogP contribution >= 0.6 is 0 Å². The Morgan fingerprint density at radius 1 is 1.50 bits per heavy atom. The van der Waals surface area contributed by atoms with Crippen LogP contribution in [0.3, 0.4) is 0 Å². The first kappa shape index (κ1) is 9.39. The minimum atomic E-state index is -2.53. The zero-order valence-electron chi connectivity index (χ0n) is 5.87. The second-order valence-electron chi connectivity index (χ2n) is 2.23. The maximum Gasteiger partial charge on any atom is 0.364 e. The number of carboxylic acids is 1. The van der Waals surface area contributed by atoms with Crippen molar-refractivity contribution >= 4 is 5.97 Å². The van der Waals surface area contributed by atoms with Crippen LogP contribution in [0.4, 0.5) is 0 Å². The molecule has 0 bridgehead atoms. The molecular formula is C6H12O4. The van der Waals surface area contributed by atoms with Gasteiger partial charge >= 0.3 is 5.97 Å². The van der Waals surface area contributed by atoms with Crippen LogP contribution in [0.2, 0.25) is 0 Å². The van der Waals surface area contributed by atoms with E-state index in [1.165, 1.54) is 0 Å². The van der Waals surface area contributed by atoms with Gasteiger partial charge in [0.2, 0.25) is 0 Å². The highest BCUT2D eigenvalue weighted by molar-refractivity contribution is 5.74. The van der Waals surface area contributed by atoms with Crippen molar-refractivity contribution in [2.75, 3.05) is 0 Å². The smallest absolute Gasteiger partial charge is 0.364 e. The van der Waals surface area contributed by atoms with Gasteiger partial charge < -0.3 is 15.3 Å². The van der Waals surface area contributed by atoms with Gasteiger partial charge in [-0.05, 0) is 6.42 Å². The number of hydrogen-bond acceptors (Lipinski definition) is 3. The molecule has 0 aliphatic heterocycles. The summed E-state index contributed by atoms with van der Waals surface area (Å²) in [6, 6.07) is 0. The summed E-state index contributed by atoms with van der Waals surface area (Å²) >= 11 is 0. The Kier molecular flexibility index (Phi) is 3.32. The fourth-order valence-electron chi connectivity index (χ4n) is 0.530. The van der Waals surface area contributed by atoms with E-state index in [9.17, 15) is 4.79 Å². The predicted molar refractivity (Wildman–Crippen MR) is 34.3 cm³/mol. The van der Waals surface area contributed by atoms with Crippen molar-refractivity contribution in [1.29, 1.82) is 0 Å². The summed E-state index contributed by atoms with van der Waals surface area (Å²) in [7, 11) is 0. The van der Waals surface area contributed by atoms with Crippen LogP contribution in [0.25, 0.3) is 0 Å². The summed E-state index contributed by atoms with van der Waals surface area (Å²) < 4.78 is 0. The maximum atomic E-state index is 10.0. The van der Waals surface area contributed by atoms with Gasteiger partial charge in [0.15, 0.2) is 0 Å². The molecule has 0 fully saturated rings. The Bertz CT molecular complexity index is 119. The Morgan fingerprint density at radius 2 is 2.00 bits per heavy atom. The molecule has 0 radical (unpaired) electrons. The van der Waals surface area contributed by atoms with Crippen molar-refractivity contribution in [3.8, 4) is 0 Å². The zero-order valence-corrected chi connectivity index (χ0v) is 5.87. The van der Waals surface area contributed by atoms with Crippen LogP contribution in [-0.2, 0) is 4.79 Å². The summed E-state index contributed by atoms with van der Waals surface area (Å²) in [6.45, 7) is 1.85. The van der Waals surface area contributed by atoms with Crippen molar-refractivity contribution in [3.05, 3.63) is 0 Å². The first-order chi connectivity index (χ1) is 4.50. The van der Waals surface area contributed by atoms with Crippen LogP contribution in [-0.4, -0.2) is 27.1 Å². The third kappa shape index (κ3) is 2.80. The second kappa shape index (κ2) is 3.53. The van der Waals surface area contributed by atoms with E-state index in [-0.39, 0.29) is 6.42 Å². The molecule has 4 nitrogen and oxygen atoms in total. The normalized spacial score (nSPS) is 11.5. The van der Waals surface area contributed by atoms with Gasteiger partial charge in [-0.2, -0.15) is 0 Å². The second-order valence-corrected chi connectivity index (χ2v) is 2.23. The molecule has 0 rings (SSSR count). The van der Waals surface area contributed by atoms with Crippen LogP contribution in [0.5, 0.6) is 0 Å². The molecule has 0 aromatic rings. The topological polar surface area (TPSA) is 77.8 Å². The summed E-state index contributed by atoms with van der Waals surface area (Å²) in [4.78, 5) is 10.0. The van der Waals surface area contributed by atoms with E-state index >= 15 is 0 Å². The molecule has 0 atom stereocenters. The van der Waals surface area contributed by atoms with Crippen LogP contribution < -0.4 is 0 Å². The number of rotatable bonds is 4. The summed E-state index contributed by atoms with van der Waals surface area (Å²) in [5.74, 6) is -4.11. The molecule has 4 heteroatoms. The molecule has 10 heavy (non-hydrogen) atoms. The van der Waals surface area contributed by atoms with Gasteiger partial charge in [0, 0.05) is 6.42 Å². The van der Waals surface area contributed by atoms with Gasteiger partial charge in [0.25, 0.3) is 5.79 Å². The number of hydrogen-bond donors (Lipinski definition) is 3. The highest BCUT2D eigenvalue weighted by atomic mass is 16.5. The average Bonchev–Trinajstić information content (AvgIpc) is 1.84. The lowest BCUT2D eigenvalue weighted by Gasteiger charge is -2.14. The molecule has 0 saturated heterocycles. The Balaban J connectivity index is 3.75. The van der Waals surface area contributed by atoms with Gasteiger partial charge in [0.1, 0.15) is 0 Å². The van der Waals surface area contributed by atoms with E-state index in [4.69, 9.17) is 15.3 Å². The fraction of sp³-hybridized carbons (Fsp3) is 0.833. The molecule has 0 saturated carbocycles. The number of unbranched alkanes of at least 4 members (excludes halogenated alkanes) is 1. The van der Waals surface area contributed by atoms with E-state index in [2.05, 4.69) is 0 Å². The molecule has 60 valence electrons. The van der Waals surface area contributed by atoms with Crippen molar-refractivity contribution in [2.24, 2.45) is 0 Å². The first-order valence-corrected chi connectivity index (χ1v) is 3.19. The summed E-state index contributed by atoms with van der Waals surface area (Å²) in [5.41, 5.74) is 0. The molecule has 0 spiro atoms. The predicted octanol–water partition coefficient (Wildman–Crippen LogP) is -0.0579. The van der Waals surface area contributed by atoms with E-state index in [1.54, 1.807) is 0 Å². The Morgan fingerprint density at radius 3 is 2.30 bits per heavy atom. The van der Waals surface area contributed by atoms with Gasteiger partial charge in [-0.15, -0.1) is 0 Å². The third-order valence-corrected chi connectivity index (χ3v) is 1.22. The molecule has 0 aromatic heterocycles. The zero-order chi connectivity index (χ0) is 8.20. The number of aliphatic hydroxyl groups is 2. The molecule has 0 heterocycles. The lowest BCUT2D eigenvalue weighted by molar-refractivity contribution is -0.205. The fourth-order valence-corrected chi connectivity index (χ4v) is 0.530. The number of aliphatic carboxylic acids is 1. The van der Waals surface area contributed by atoms with Gasteiger partial charge in [-0.1, -0.05) is 13.3 Å². The molecular weight excluding hydrogens is 136 g/mol. The average molecular weight is 148 g/mol. The van der Waals surface area contributed by atoms with E-state index in [0.29, 0.717) is 6.42 Å². The van der Waals surface area contributed by atoms with Crippen molar-refractivity contribution in [3.63, 3.8) is 0 Å². The largest absolute Gasteiger partial charge is 0.477 e. The van der Waals surface area contributed by atoms with E-state index in [0.717, 1.165) is 6.42 Å². The Hall–Kier alpha value is -0.610. The molecule has 3 N–H and O–H groups in total. The minimum Gasteiger partial charge on any atom is -0.477 e. The standard InChI is InChI=1S/C6H12O4/c1-2-3-4-6(9,10)5(7)8/h9-10H,2-4H2,1H3,(H,7,8). The minimum absolute atomic E-state index is 0.112. The molecule has 0 aromatic carbocycles. The number of carboxylic acid groups (broad SMARTS) is 1. The highest BCUT2D eigenvalue weighted by Crippen LogP contribution is 2.09. The van der Waals surface area contributed by atoms with Crippen LogP contribution in [0.1, 0.15) is 26.2 Å². The van der Waals surface area contributed by atoms with E-state index in [1.807, 2.05) is 6.92 Å². The van der Waals surface area contributed by atoms with Crippen molar-refractivity contribution in [2.45, 2.75) is 32.0 Å². The molecule has 0 unspecified atom stereocenters. The highest BCUT2D eigenvalue weighted by Gasteiger charge is 2.31. The SMILES string of the molecule is CCCCC(O)(O)C(=O)O. The molecule has 0 aliphatic carbocycles. The monoisotopic (exact) mass is 148 g/mol. The van der Waals surface area contributed by atoms with Crippen LogP contribution in [0, 0.1) is 0 Å². The van der Waals surface area contributed by atoms with Gasteiger partial charge in [0.05, 0.1) is 0 Å². The van der Waals surface area contributed by atoms with Gasteiger partial charge in [-0.3, -0.25) is 0 Å². The van der Waals surface area contributed by atoms with Crippen molar-refractivity contribution in [1.82, 2.24) is 0 Å². The first-order valence-electron chi connectivity index (χ1n) is 3.19. The maximum absolute atomic E-state index is 10.0. The third-order valence-electron chi connectivity index (χ3n) is 1.22. The quantitative estimate of drug-likeness (QED) is 0.488. The van der Waals surface area contributed by atoms with Gasteiger partial charge in [-0.25, -0.2) is 4.79 Å². The van der Waals surface area contributed by atoms with Crippen molar-refractivity contribution < 1.29 is 20.1 Å². The van der Waals surface area contributed by atoms with Crippen LogP contribution in [0.15, 0.2) is 0 Å².